The molecule has 0 aliphatic carbocycles. The number of benzene rings is 1. The summed E-state index contributed by atoms with van der Waals surface area (Å²) in [7, 11) is 0. The lowest BCUT2D eigenvalue weighted by Gasteiger charge is -2.29. The van der Waals surface area contributed by atoms with Crippen LogP contribution in [0.3, 0.4) is 0 Å². The van der Waals surface area contributed by atoms with Crippen LogP contribution >= 0.6 is 0 Å². The van der Waals surface area contributed by atoms with Gasteiger partial charge in [-0.05, 0) is 49.4 Å². The SMILES string of the molecule is Cc1cc(F)ccc1CCNC(=O)[C@@H]1CC[C@@H](C(F)(F)F)NC1=O. The van der Waals surface area contributed by atoms with Gasteiger partial charge in [0.2, 0.25) is 11.8 Å². The van der Waals surface area contributed by atoms with Gasteiger partial charge in [0.25, 0.3) is 0 Å². The molecule has 24 heavy (non-hydrogen) atoms. The van der Waals surface area contributed by atoms with Crippen LogP contribution in [0.5, 0.6) is 0 Å². The van der Waals surface area contributed by atoms with E-state index in [0.29, 0.717) is 6.42 Å². The maximum absolute atomic E-state index is 13.0. The van der Waals surface area contributed by atoms with E-state index in [1.165, 1.54) is 12.1 Å². The van der Waals surface area contributed by atoms with Crippen molar-refractivity contribution in [2.75, 3.05) is 6.54 Å². The van der Waals surface area contributed by atoms with Crippen LogP contribution in [0.25, 0.3) is 0 Å². The maximum Gasteiger partial charge on any atom is 0.408 e. The molecule has 132 valence electrons. The van der Waals surface area contributed by atoms with Crippen LogP contribution in [0.4, 0.5) is 17.6 Å². The molecule has 1 fully saturated rings. The summed E-state index contributed by atoms with van der Waals surface area (Å²) >= 11 is 0. The Labute approximate surface area is 136 Å². The van der Waals surface area contributed by atoms with Gasteiger partial charge in [-0.2, -0.15) is 13.2 Å². The number of hydrogen-bond donors (Lipinski definition) is 2. The van der Waals surface area contributed by atoms with E-state index in [2.05, 4.69) is 5.32 Å². The molecule has 2 amide bonds. The summed E-state index contributed by atoms with van der Waals surface area (Å²) in [6.07, 6.45) is -4.52. The minimum atomic E-state index is -4.50. The minimum Gasteiger partial charge on any atom is -0.355 e. The predicted octanol–water partition coefficient (Wildman–Crippen LogP) is 2.25. The first-order valence-electron chi connectivity index (χ1n) is 7.58. The third-order valence-electron chi connectivity index (χ3n) is 4.09. The third-order valence-corrected chi connectivity index (χ3v) is 4.09. The Kier molecular flexibility index (Phi) is 5.46. The van der Waals surface area contributed by atoms with Gasteiger partial charge in [0.05, 0.1) is 0 Å². The summed E-state index contributed by atoms with van der Waals surface area (Å²) in [5, 5.41) is 4.40. The number of aryl methyl sites for hydroxylation is 1. The lowest BCUT2D eigenvalue weighted by atomic mass is 9.92. The average Bonchev–Trinajstić information content (AvgIpc) is 2.48. The number of hydrogen-bond acceptors (Lipinski definition) is 2. The monoisotopic (exact) mass is 346 g/mol. The van der Waals surface area contributed by atoms with Crippen LogP contribution in [0, 0.1) is 18.7 Å². The Morgan fingerprint density at radius 1 is 1.33 bits per heavy atom. The summed E-state index contributed by atoms with van der Waals surface area (Å²) in [6.45, 7) is 1.96. The topological polar surface area (TPSA) is 58.2 Å². The Morgan fingerprint density at radius 3 is 2.62 bits per heavy atom. The Hall–Kier alpha value is -2.12. The van der Waals surface area contributed by atoms with Crippen LogP contribution in [0.15, 0.2) is 18.2 Å². The molecule has 0 saturated carbocycles. The zero-order chi connectivity index (χ0) is 17.9. The highest BCUT2D eigenvalue weighted by Gasteiger charge is 2.45. The van der Waals surface area contributed by atoms with Gasteiger partial charge < -0.3 is 10.6 Å². The van der Waals surface area contributed by atoms with Gasteiger partial charge in [-0.15, -0.1) is 0 Å². The molecule has 1 saturated heterocycles. The van der Waals surface area contributed by atoms with Crippen LogP contribution in [0.2, 0.25) is 0 Å². The number of carbonyl (C=O) groups is 2. The quantitative estimate of drug-likeness (QED) is 0.649. The summed E-state index contributed by atoms with van der Waals surface area (Å²) in [5.41, 5.74) is 1.59. The molecule has 2 atom stereocenters. The first kappa shape index (κ1) is 18.2. The fraction of sp³-hybridized carbons (Fsp3) is 0.500. The highest BCUT2D eigenvalue weighted by atomic mass is 19.4. The van der Waals surface area contributed by atoms with Gasteiger partial charge in [0.15, 0.2) is 0 Å². The van der Waals surface area contributed by atoms with Crippen LogP contribution in [0.1, 0.15) is 24.0 Å². The number of rotatable bonds is 4. The van der Waals surface area contributed by atoms with E-state index < -0.39 is 30.0 Å². The maximum atomic E-state index is 13.0. The molecule has 1 aliphatic heterocycles. The zero-order valence-corrected chi connectivity index (χ0v) is 13.0. The summed E-state index contributed by atoms with van der Waals surface area (Å²) in [6, 6.07) is 2.41. The standard InChI is InChI=1S/C16H18F4N2O2/c1-9-8-11(17)3-2-10(9)6-7-21-14(23)12-4-5-13(16(18,19)20)22-15(12)24/h2-3,8,12-13H,4-7H2,1H3,(H,21,23)(H,22,24)/t12-,13-/m0/s1. The van der Waals surface area contributed by atoms with Crippen molar-refractivity contribution in [2.24, 2.45) is 5.92 Å². The molecular weight excluding hydrogens is 328 g/mol. The lowest BCUT2D eigenvalue weighted by molar-refractivity contribution is -0.171. The van der Waals surface area contributed by atoms with Gasteiger partial charge in [-0.25, -0.2) is 4.39 Å². The van der Waals surface area contributed by atoms with Crippen molar-refractivity contribution >= 4 is 11.8 Å². The molecule has 8 heteroatoms. The van der Waals surface area contributed by atoms with Crippen molar-refractivity contribution in [1.82, 2.24) is 10.6 Å². The highest BCUT2D eigenvalue weighted by Crippen LogP contribution is 2.28. The summed E-state index contributed by atoms with van der Waals surface area (Å²) in [4.78, 5) is 23.7. The molecule has 0 bridgehead atoms. The predicted molar refractivity (Wildman–Crippen MR) is 78.6 cm³/mol. The van der Waals surface area contributed by atoms with Crippen LogP contribution < -0.4 is 10.6 Å². The lowest BCUT2D eigenvalue weighted by Crippen LogP contribution is -2.54. The van der Waals surface area contributed by atoms with Crippen LogP contribution in [-0.2, 0) is 16.0 Å². The van der Waals surface area contributed by atoms with Gasteiger partial charge in [0.1, 0.15) is 17.8 Å². The molecule has 1 aromatic rings. The fourth-order valence-corrected chi connectivity index (χ4v) is 2.69. The number of halogens is 4. The van der Waals surface area contributed by atoms with Gasteiger partial charge >= 0.3 is 6.18 Å². The Morgan fingerprint density at radius 2 is 2.04 bits per heavy atom. The molecule has 1 heterocycles. The van der Waals surface area contributed by atoms with E-state index in [1.54, 1.807) is 13.0 Å². The van der Waals surface area contributed by atoms with E-state index >= 15 is 0 Å². The third kappa shape index (κ3) is 4.46. The molecule has 2 N–H and O–H groups in total. The molecular formula is C16H18F4N2O2. The second kappa shape index (κ2) is 7.19. The van der Waals surface area contributed by atoms with E-state index in [1.807, 2.05) is 5.32 Å². The smallest absolute Gasteiger partial charge is 0.355 e. The highest BCUT2D eigenvalue weighted by molar-refractivity contribution is 6.00. The Bertz CT molecular complexity index is 631. The average molecular weight is 346 g/mol. The molecule has 2 rings (SSSR count). The first-order valence-corrected chi connectivity index (χ1v) is 7.58. The molecule has 0 radical (unpaired) electrons. The number of amides is 2. The molecule has 0 spiro atoms. The number of carbonyl (C=O) groups excluding carboxylic acids is 2. The Balaban J connectivity index is 1.84. The van der Waals surface area contributed by atoms with Gasteiger partial charge in [-0.3, -0.25) is 9.59 Å². The number of nitrogens with one attached hydrogen (secondary N) is 2. The van der Waals surface area contributed by atoms with Crippen LogP contribution in [-0.4, -0.2) is 30.6 Å². The number of alkyl halides is 3. The summed E-state index contributed by atoms with van der Waals surface area (Å²) in [5.74, 6) is -2.96. The number of piperidine rings is 1. The van der Waals surface area contributed by atoms with Crippen molar-refractivity contribution in [3.8, 4) is 0 Å². The van der Waals surface area contributed by atoms with E-state index in [9.17, 15) is 27.2 Å². The molecule has 1 aliphatic rings. The largest absolute Gasteiger partial charge is 0.408 e. The summed E-state index contributed by atoms with van der Waals surface area (Å²) < 4.78 is 50.7. The second-order valence-corrected chi connectivity index (χ2v) is 5.84. The minimum absolute atomic E-state index is 0.141. The van der Waals surface area contributed by atoms with Crippen molar-refractivity contribution in [2.45, 2.75) is 38.4 Å². The second-order valence-electron chi connectivity index (χ2n) is 5.84. The normalized spacial score (nSPS) is 21.3. The molecule has 4 nitrogen and oxygen atoms in total. The van der Waals surface area contributed by atoms with Crippen molar-refractivity contribution < 1.29 is 27.2 Å². The molecule has 0 unspecified atom stereocenters. The van der Waals surface area contributed by atoms with Crippen molar-refractivity contribution in [1.29, 1.82) is 0 Å². The zero-order valence-electron chi connectivity index (χ0n) is 13.0. The fourth-order valence-electron chi connectivity index (χ4n) is 2.69. The first-order chi connectivity index (χ1) is 11.2. The van der Waals surface area contributed by atoms with E-state index in [4.69, 9.17) is 0 Å². The van der Waals surface area contributed by atoms with Crippen molar-refractivity contribution in [3.05, 3.63) is 35.1 Å². The van der Waals surface area contributed by atoms with E-state index in [-0.39, 0.29) is 25.2 Å². The molecule has 1 aromatic carbocycles. The van der Waals surface area contributed by atoms with E-state index in [0.717, 1.165) is 11.1 Å². The van der Waals surface area contributed by atoms with Crippen molar-refractivity contribution in [3.63, 3.8) is 0 Å². The van der Waals surface area contributed by atoms with Gasteiger partial charge in [-0.1, -0.05) is 6.07 Å². The van der Waals surface area contributed by atoms with Gasteiger partial charge in [0, 0.05) is 6.54 Å². The molecule has 0 aromatic heterocycles.